The molecular formula is C8H6ClN3O2S. The summed E-state index contributed by atoms with van der Waals surface area (Å²) < 4.78 is 5.30. The zero-order valence-corrected chi connectivity index (χ0v) is 9.01. The Bertz CT molecular complexity index is 454. The summed E-state index contributed by atoms with van der Waals surface area (Å²) in [6.07, 6.45) is 1.54. The van der Waals surface area contributed by atoms with Gasteiger partial charge < -0.3 is 9.73 Å². The standard InChI is InChI=1S/C8H6ClN3O2S/c9-8-12-11-7(15-8)6(13)10-4-5-2-1-3-14-5/h1-3H,4H2,(H,10,13). The fourth-order valence-corrected chi connectivity index (χ4v) is 1.70. The van der Waals surface area contributed by atoms with E-state index in [0.717, 1.165) is 11.3 Å². The summed E-state index contributed by atoms with van der Waals surface area (Å²) in [5, 5.41) is 10.0. The number of halogens is 1. The molecule has 0 unspecified atom stereocenters. The van der Waals surface area contributed by atoms with Gasteiger partial charge in [-0.25, -0.2) is 0 Å². The number of hydrogen-bond donors (Lipinski definition) is 1. The first kappa shape index (κ1) is 10.1. The molecule has 5 nitrogen and oxygen atoms in total. The molecule has 0 saturated heterocycles. The molecule has 0 aliphatic heterocycles. The van der Waals surface area contributed by atoms with E-state index in [4.69, 9.17) is 16.0 Å². The average Bonchev–Trinajstić information content (AvgIpc) is 2.84. The van der Waals surface area contributed by atoms with Crippen molar-refractivity contribution in [3.05, 3.63) is 33.6 Å². The molecule has 2 aromatic heterocycles. The zero-order chi connectivity index (χ0) is 10.7. The molecule has 2 aromatic rings. The van der Waals surface area contributed by atoms with Gasteiger partial charge in [0.15, 0.2) is 0 Å². The molecule has 1 amide bonds. The molecule has 0 aliphatic carbocycles. The number of rotatable bonds is 3. The normalized spacial score (nSPS) is 10.2. The van der Waals surface area contributed by atoms with Crippen LogP contribution in [0.4, 0.5) is 0 Å². The molecule has 2 rings (SSSR count). The molecule has 0 atom stereocenters. The van der Waals surface area contributed by atoms with Gasteiger partial charge in [-0.1, -0.05) is 11.3 Å². The van der Waals surface area contributed by atoms with E-state index in [9.17, 15) is 4.79 Å². The molecule has 0 radical (unpaired) electrons. The van der Waals surface area contributed by atoms with Crippen LogP contribution in [0, 0.1) is 0 Å². The molecule has 2 heterocycles. The smallest absolute Gasteiger partial charge is 0.282 e. The number of carbonyl (C=O) groups excluding carboxylic acids is 1. The van der Waals surface area contributed by atoms with Gasteiger partial charge in [0, 0.05) is 0 Å². The number of aromatic nitrogens is 2. The van der Waals surface area contributed by atoms with Gasteiger partial charge in [-0.15, -0.1) is 10.2 Å². The predicted octanol–water partition coefficient (Wildman–Crippen LogP) is 1.71. The molecule has 0 aliphatic rings. The molecule has 78 valence electrons. The highest BCUT2D eigenvalue weighted by Crippen LogP contribution is 2.14. The molecule has 0 saturated carbocycles. The van der Waals surface area contributed by atoms with Crippen LogP contribution in [0.25, 0.3) is 0 Å². The second-order valence-corrected chi connectivity index (χ2v) is 4.18. The Morgan fingerprint density at radius 2 is 2.47 bits per heavy atom. The summed E-state index contributed by atoms with van der Waals surface area (Å²) in [5.74, 6) is 0.370. The minimum atomic E-state index is -0.309. The summed E-state index contributed by atoms with van der Waals surface area (Å²) in [6.45, 7) is 0.322. The molecule has 0 aromatic carbocycles. The van der Waals surface area contributed by atoms with Gasteiger partial charge >= 0.3 is 0 Å². The van der Waals surface area contributed by atoms with Crippen molar-refractivity contribution in [2.45, 2.75) is 6.54 Å². The van der Waals surface area contributed by atoms with Crippen LogP contribution in [0.15, 0.2) is 22.8 Å². The first-order valence-electron chi connectivity index (χ1n) is 4.05. The summed E-state index contributed by atoms with van der Waals surface area (Å²) in [7, 11) is 0. The number of amides is 1. The van der Waals surface area contributed by atoms with Crippen LogP contribution in [-0.2, 0) is 6.54 Å². The molecule has 1 N–H and O–H groups in total. The summed E-state index contributed by atoms with van der Waals surface area (Å²) in [6, 6.07) is 3.52. The Balaban J connectivity index is 1.93. The van der Waals surface area contributed by atoms with Crippen LogP contribution < -0.4 is 5.32 Å². The van der Waals surface area contributed by atoms with E-state index >= 15 is 0 Å². The largest absolute Gasteiger partial charge is 0.467 e. The summed E-state index contributed by atoms with van der Waals surface area (Å²) in [4.78, 5) is 11.4. The highest BCUT2D eigenvalue weighted by Gasteiger charge is 2.11. The van der Waals surface area contributed by atoms with Crippen molar-refractivity contribution in [3.8, 4) is 0 Å². The lowest BCUT2D eigenvalue weighted by atomic mass is 10.4. The van der Waals surface area contributed by atoms with E-state index < -0.39 is 0 Å². The minimum absolute atomic E-state index is 0.242. The lowest BCUT2D eigenvalue weighted by molar-refractivity contribution is 0.0947. The Morgan fingerprint density at radius 3 is 3.07 bits per heavy atom. The molecule has 7 heteroatoms. The molecule has 0 bridgehead atoms. The number of nitrogens with one attached hydrogen (secondary N) is 1. The van der Waals surface area contributed by atoms with Crippen molar-refractivity contribution < 1.29 is 9.21 Å². The highest BCUT2D eigenvalue weighted by atomic mass is 35.5. The fourth-order valence-electron chi connectivity index (χ4n) is 0.953. The van der Waals surface area contributed by atoms with Crippen LogP contribution in [0.1, 0.15) is 15.6 Å². The van der Waals surface area contributed by atoms with Crippen molar-refractivity contribution in [1.29, 1.82) is 0 Å². The van der Waals surface area contributed by atoms with Crippen LogP contribution in [-0.4, -0.2) is 16.1 Å². The summed E-state index contributed by atoms with van der Waals surface area (Å²) in [5.41, 5.74) is 0. The lowest BCUT2D eigenvalue weighted by Gasteiger charge is -1.98. The Morgan fingerprint density at radius 1 is 1.60 bits per heavy atom. The van der Waals surface area contributed by atoms with Gasteiger partial charge in [-0.2, -0.15) is 0 Å². The third-order valence-electron chi connectivity index (χ3n) is 1.60. The van der Waals surface area contributed by atoms with E-state index in [0.29, 0.717) is 12.3 Å². The Kier molecular flexibility index (Phi) is 2.98. The Hall–Kier alpha value is -1.40. The van der Waals surface area contributed by atoms with Crippen molar-refractivity contribution in [3.63, 3.8) is 0 Å². The average molecular weight is 244 g/mol. The lowest BCUT2D eigenvalue weighted by Crippen LogP contribution is -2.22. The van der Waals surface area contributed by atoms with E-state index in [-0.39, 0.29) is 15.4 Å². The number of hydrogen-bond acceptors (Lipinski definition) is 5. The van der Waals surface area contributed by atoms with Gasteiger partial charge in [0.05, 0.1) is 12.8 Å². The topological polar surface area (TPSA) is 68.0 Å². The maximum atomic E-state index is 11.4. The number of furan rings is 1. The van der Waals surface area contributed by atoms with E-state index in [2.05, 4.69) is 15.5 Å². The highest BCUT2D eigenvalue weighted by molar-refractivity contribution is 7.17. The van der Waals surface area contributed by atoms with Crippen LogP contribution >= 0.6 is 22.9 Å². The number of nitrogens with zero attached hydrogens (tertiary/aromatic N) is 2. The van der Waals surface area contributed by atoms with E-state index in [1.54, 1.807) is 18.4 Å². The minimum Gasteiger partial charge on any atom is -0.467 e. The fraction of sp³-hybridized carbons (Fsp3) is 0.125. The molecule has 0 spiro atoms. The second kappa shape index (κ2) is 4.41. The third-order valence-corrected chi connectivity index (χ3v) is 2.62. The van der Waals surface area contributed by atoms with Gasteiger partial charge in [0.1, 0.15) is 5.76 Å². The van der Waals surface area contributed by atoms with E-state index in [1.807, 2.05) is 0 Å². The van der Waals surface area contributed by atoms with Crippen molar-refractivity contribution in [2.75, 3.05) is 0 Å². The second-order valence-electron chi connectivity index (χ2n) is 2.62. The first-order chi connectivity index (χ1) is 7.25. The number of carbonyl (C=O) groups is 1. The molecule has 0 fully saturated rings. The molecular weight excluding hydrogens is 238 g/mol. The zero-order valence-electron chi connectivity index (χ0n) is 7.44. The monoisotopic (exact) mass is 243 g/mol. The maximum absolute atomic E-state index is 11.4. The predicted molar refractivity (Wildman–Crippen MR) is 54.8 cm³/mol. The van der Waals surface area contributed by atoms with Gasteiger partial charge in [0.25, 0.3) is 5.91 Å². The van der Waals surface area contributed by atoms with Gasteiger partial charge in [-0.3, -0.25) is 4.79 Å². The summed E-state index contributed by atoms with van der Waals surface area (Å²) >= 11 is 6.58. The third kappa shape index (κ3) is 2.54. The van der Waals surface area contributed by atoms with Gasteiger partial charge in [0.2, 0.25) is 9.47 Å². The quantitative estimate of drug-likeness (QED) is 0.891. The Labute approximate surface area is 94.1 Å². The SMILES string of the molecule is O=C(NCc1ccco1)c1nnc(Cl)s1. The van der Waals surface area contributed by atoms with Gasteiger partial charge in [-0.05, 0) is 23.7 Å². The maximum Gasteiger partial charge on any atom is 0.282 e. The first-order valence-corrected chi connectivity index (χ1v) is 5.25. The van der Waals surface area contributed by atoms with Crippen LogP contribution in [0.2, 0.25) is 4.47 Å². The van der Waals surface area contributed by atoms with Crippen molar-refractivity contribution in [2.24, 2.45) is 0 Å². The van der Waals surface area contributed by atoms with E-state index in [1.165, 1.54) is 0 Å². The molecule has 15 heavy (non-hydrogen) atoms. The van der Waals surface area contributed by atoms with Crippen LogP contribution in [0.5, 0.6) is 0 Å². The van der Waals surface area contributed by atoms with Crippen molar-refractivity contribution in [1.82, 2.24) is 15.5 Å². The van der Waals surface area contributed by atoms with Crippen molar-refractivity contribution >= 4 is 28.8 Å². The van der Waals surface area contributed by atoms with Crippen LogP contribution in [0.3, 0.4) is 0 Å².